The minimum Gasteiger partial charge on any atom is -0.383 e. The van der Waals surface area contributed by atoms with Crippen LogP contribution in [-0.4, -0.2) is 37.7 Å². The van der Waals surface area contributed by atoms with Crippen LogP contribution in [0.25, 0.3) is 0 Å². The van der Waals surface area contributed by atoms with E-state index in [4.69, 9.17) is 22.1 Å². The third-order valence-corrected chi connectivity index (χ3v) is 3.72. The van der Waals surface area contributed by atoms with Gasteiger partial charge in [0.05, 0.1) is 17.7 Å². The summed E-state index contributed by atoms with van der Waals surface area (Å²) in [5, 5.41) is 0.147. The van der Waals surface area contributed by atoms with E-state index >= 15 is 0 Å². The van der Waals surface area contributed by atoms with Crippen molar-refractivity contribution in [2.45, 2.75) is 18.5 Å². The minimum atomic E-state index is -0.389. The van der Waals surface area contributed by atoms with E-state index in [0.717, 1.165) is 25.1 Å². The highest BCUT2D eigenvalue weighted by atomic mass is 35.5. The molecule has 0 saturated carbocycles. The van der Waals surface area contributed by atoms with E-state index in [-0.39, 0.29) is 22.9 Å². The number of methoxy groups -OCH3 is 1. The second kappa shape index (κ2) is 5.97. The van der Waals surface area contributed by atoms with Crippen LogP contribution in [-0.2, 0) is 4.74 Å². The smallest absolute Gasteiger partial charge is 0.142 e. The van der Waals surface area contributed by atoms with Crippen molar-refractivity contribution in [3.63, 3.8) is 0 Å². The normalized spacial score (nSPS) is 24.7. The predicted molar refractivity (Wildman–Crippen MR) is 70.2 cm³/mol. The van der Waals surface area contributed by atoms with E-state index in [0.29, 0.717) is 6.61 Å². The van der Waals surface area contributed by atoms with Gasteiger partial charge in [-0.25, -0.2) is 4.39 Å². The molecule has 100 valence electrons. The van der Waals surface area contributed by atoms with E-state index in [9.17, 15) is 4.39 Å². The van der Waals surface area contributed by atoms with Crippen molar-refractivity contribution in [2.24, 2.45) is 5.73 Å². The number of likely N-dealkylation sites (tertiary alicyclic amines) is 1. The molecule has 1 aliphatic rings. The summed E-state index contributed by atoms with van der Waals surface area (Å²) in [6.07, 6.45) is 0.915. The van der Waals surface area contributed by atoms with Crippen LogP contribution in [0.5, 0.6) is 0 Å². The zero-order chi connectivity index (χ0) is 13.1. The third kappa shape index (κ3) is 2.83. The number of nitrogens with two attached hydrogens (primary N) is 1. The lowest BCUT2D eigenvalue weighted by atomic mass is 10.0. The Morgan fingerprint density at radius 2 is 2.33 bits per heavy atom. The molecule has 2 rings (SSSR count). The monoisotopic (exact) mass is 272 g/mol. The average Bonchev–Trinajstić information content (AvgIpc) is 2.71. The Morgan fingerprint density at radius 1 is 1.56 bits per heavy atom. The minimum absolute atomic E-state index is 0.0300. The van der Waals surface area contributed by atoms with Gasteiger partial charge in [0.15, 0.2) is 0 Å². The Morgan fingerprint density at radius 3 is 3.00 bits per heavy atom. The first-order valence-electron chi connectivity index (χ1n) is 6.07. The second-order valence-corrected chi connectivity index (χ2v) is 5.01. The van der Waals surface area contributed by atoms with Gasteiger partial charge in [0.25, 0.3) is 0 Å². The number of nitrogens with zero attached hydrogens (tertiary/aromatic N) is 1. The van der Waals surface area contributed by atoms with Gasteiger partial charge in [-0.15, -0.1) is 0 Å². The van der Waals surface area contributed by atoms with Crippen LogP contribution < -0.4 is 5.73 Å². The van der Waals surface area contributed by atoms with Crippen molar-refractivity contribution < 1.29 is 9.13 Å². The summed E-state index contributed by atoms with van der Waals surface area (Å²) >= 11 is 5.70. The second-order valence-electron chi connectivity index (χ2n) is 4.60. The lowest BCUT2D eigenvalue weighted by Gasteiger charge is -2.27. The van der Waals surface area contributed by atoms with Crippen molar-refractivity contribution >= 4 is 11.6 Å². The molecule has 1 saturated heterocycles. The van der Waals surface area contributed by atoms with E-state index in [1.165, 1.54) is 6.07 Å². The van der Waals surface area contributed by atoms with E-state index in [1.807, 2.05) is 6.07 Å². The molecule has 0 amide bonds. The quantitative estimate of drug-likeness (QED) is 0.913. The maximum absolute atomic E-state index is 13.5. The highest BCUT2D eigenvalue weighted by Crippen LogP contribution is 2.32. The summed E-state index contributed by atoms with van der Waals surface area (Å²) < 4.78 is 18.6. The van der Waals surface area contributed by atoms with Crippen LogP contribution in [0.4, 0.5) is 4.39 Å². The number of halogens is 2. The number of hydrogen-bond acceptors (Lipinski definition) is 3. The Balaban J connectivity index is 2.19. The molecule has 3 nitrogen and oxygen atoms in total. The molecule has 5 heteroatoms. The zero-order valence-corrected chi connectivity index (χ0v) is 11.2. The molecule has 0 aliphatic carbocycles. The van der Waals surface area contributed by atoms with Crippen molar-refractivity contribution in [3.8, 4) is 0 Å². The summed E-state index contributed by atoms with van der Waals surface area (Å²) in [6.45, 7) is 2.37. The summed E-state index contributed by atoms with van der Waals surface area (Å²) in [7, 11) is 1.67. The van der Waals surface area contributed by atoms with Crippen LogP contribution in [0, 0.1) is 5.82 Å². The van der Waals surface area contributed by atoms with Crippen molar-refractivity contribution in [1.29, 1.82) is 0 Å². The maximum atomic E-state index is 13.5. The van der Waals surface area contributed by atoms with Gasteiger partial charge in [-0.1, -0.05) is 17.7 Å². The first-order chi connectivity index (χ1) is 8.63. The molecule has 2 N–H and O–H groups in total. The molecular formula is C13H18ClFN2O. The van der Waals surface area contributed by atoms with Gasteiger partial charge in [-0.2, -0.15) is 0 Å². The topological polar surface area (TPSA) is 38.5 Å². The highest BCUT2D eigenvalue weighted by Gasteiger charge is 2.32. The lowest BCUT2D eigenvalue weighted by Crippen LogP contribution is -2.33. The summed E-state index contributed by atoms with van der Waals surface area (Å²) in [5.74, 6) is -0.389. The number of benzene rings is 1. The SMILES string of the molecule is COCCN1CC[C@H](N)[C@@H]1c1ccc(Cl)c(F)c1. The van der Waals surface area contributed by atoms with Gasteiger partial charge >= 0.3 is 0 Å². The number of rotatable bonds is 4. The van der Waals surface area contributed by atoms with Gasteiger partial charge in [-0.3, -0.25) is 4.90 Å². The molecular weight excluding hydrogens is 255 g/mol. The lowest BCUT2D eigenvalue weighted by molar-refractivity contribution is 0.139. The summed E-state index contributed by atoms with van der Waals surface area (Å²) in [4.78, 5) is 2.23. The highest BCUT2D eigenvalue weighted by molar-refractivity contribution is 6.30. The standard InChI is InChI=1S/C13H18ClFN2O/c1-18-7-6-17-5-4-12(16)13(17)9-2-3-10(14)11(15)8-9/h2-3,8,12-13H,4-7,16H2,1H3/t12-,13-/m0/s1. The van der Waals surface area contributed by atoms with Crippen LogP contribution >= 0.6 is 11.6 Å². The predicted octanol–water partition coefficient (Wildman–Crippen LogP) is 2.20. The molecule has 0 aromatic heterocycles. The Kier molecular flexibility index (Phi) is 4.56. The van der Waals surface area contributed by atoms with Gasteiger partial charge in [0, 0.05) is 26.2 Å². The Bertz CT molecular complexity index is 416. The number of ether oxygens (including phenoxy) is 1. The molecule has 1 aromatic rings. The molecule has 0 radical (unpaired) electrons. The van der Waals surface area contributed by atoms with Crippen molar-refractivity contribution in [2.75, 3.05) is 26.8 Å². The molecule has 0 bridgehead atoms. The zero-order valence-electron chi connectivity index (χ0n) is 10.4. The van der Waals surface area contributed by atoms with Crippen molar-refractivity contribution in [1.82, 2.24) is 4.90 Å². The molecule has 1 aromatic carbocycles. The molecule has 1 fully saturated rings. The van der Waals surface area contributed by atoms with E-state index in [2.05, 4.69) is 4.90 Å². The van der Waals surface area contributed by atoms with Gasteiger partial charge in [0.1, 0.15) is 5.82 Å². The van der Waals surface area contributed by atoms with Crippen LogP contribution in [0.1, 0.15) is 18.0 Å². The van der Waals surface area contributed by atoms with E-state index in [1.54, 1.807) is 13.2 Å². The Hall–Kier alpha value is -0.680. The van der Waals surface area contributed by atoms with Gasteiger partial charge in [-0.05, 0) is 24.1 Å². The van der Waals surface area contributed by atoms with Crippen molar-refractivity contribution in [3.05, 3.63) is 34.6 Å². The molecule has 1 aliphatic heterocycles. The summed E-state index contributed by atoms with van der Waals surface area (Å²) in [5.41, 5.74) is 7.01. The third-order valence-electron chi connectivity index (χ3n) is 3.42. The fourth-order valence-corrected chi connectivity index (χ4v) is 2.61. The largest absolute Gasteiger partial charge is 0.383 e. The molecule has 2 atom stereocenters. The van der Waals surface area contributed by atoms with E-state index < -0.39 is 0 Å². The molecule has 18 heavy (non-hydrogen) atoms. The number of hydrogen-bond donors (Lipinski definition) is 1. The van der Waals surface area contributed by atoms with Crippen LogP contribution in [0.15, 0.2) is 18.2 Å². The summed E-state index contributed by atoms with van der Waals surface area (Å²) in [6, 6.07) is 5.00. The van der Waals surface area contributed by atoms with Gasteiger partial charge < -0.3 is 10.5 Å². The molecule has 0 spiro atoms. The molecule has 0 unspecified atom stereocenters. The van der Waals surface area contributed by atoms with Crippen LogP contribution in [0.3, 0.4) is 0 Å². The van der Waals surface area contributed by atoms with Gasteiger partial charge in [0.2, 0.25) is 0 Å². The molecule has 1 heterocycles. The first kappa shape index (κ1) is 13.7. The fraction of sp³-hybridized carbons (Fsp3) is 0.538. The Labute approximate surface area is 112 Å². The first-order valence-corrected chi connectivity index (χ1v) is 6.45. The maximum Gasteiger partial charge on any atom is 0.142 e. The average molecular weight is 273 g/mol. The van der Waals surface area contributed by atoms with Crippen LogP contribution in [0.2, 0.25) is 5.02 Å². The fourth-order valence-electron chi connectivity index (χ4n) is 2.50.